The summed E-state index contributed by atoms with van der Waals surface area (Å²) in [5.41, 5.74) is 1.46. The van der Waals surface area contributed by atoms with Gasteiger partial charge in [0.1, 0.15) is 0 Å². The first kappa shape index (κ1) is 15.0. The molecule has 0 amide bonds. The number of piperidine rings is 1. The molecule has 0 radical (unpaired) electrons. The molecule has 1 saturated carbocycles. The summed E-state index contributed by atoms with van der Waals surface area (Å²) in [6, 6.07) is 10.0. The van der Waals surface area contributed by atoms with Gasteiger partial charge in [0.05, 0.1) is 6.10 Å². The highest BCUT2D eigenvalue weighted by atomic mass is 35.5. The Morgan fingerprint density at radius 3 is 2.50 bits per heavy atom. The minimum Gasteiger partial charge on any atom is -0.381 e. The van der Waals surface area contributed by atoms with Crippen LogP contribution in [0.4, 0.5) is 0 Å². The Balaban J connectivity index is 1.69. The normalized spacial score (nSPS) is 36.5. The molecular formula is C19H26ClNO. The highest BCUT2D eigenvalue weighted by Gasteiger charge is 2.51. The predicted octanol–water partition coefficient (Wildman–Crippen LogP) is 4.33. The van der Waals surface area contributed by atoms with Gasteiger partial charge in [-0.15, -0.1) is 0 Å². The largest absolute Gasteiger partial charge is 0.381 e. The molecule has 3 fully saturated rings. The van der Waals surface area contributed by atoms with E-state index in [-0.39, 0.29) is 0 Å². The quantitative estimate of drug-likeness (QED) is 0.819. The zero-order valence-electron chi connectivity index (χ0n) is 13.5. The summed E-state index contributed by atoms with van der Waals surface area (Å²) in [6.07, 6.45) is 7.08. The van der Waals surface area contributed by atoms with Crippen molar-refractivity contribution in [3.05, 3.63) is 34.9 Å². The predicted molar refractivity (Wildman–Crippen MR) is 90.4 cm³/mol. The number of hydrogen-bond donors (Lipinski definition) is 0. The molecule has 0 N–H and O–H groups in total. The van der Waals surface area contributed by atoms with Crippen LogP contribution < -0.4 is 0 Å². The molecule has 0 spiro atoms. The van der Waals surface area contributed by atoms with Crippen LogP contribution in [0.5, 0.6) is 0 Å². The van der Waals surface area contributed by atoms with E-state index >= 15 is 0 Å². The fourth-order valence-corrected chi connectivity index (χ4v) is 5.24. The number of fused-ring (bicyclic) bond motifs is 2. The van der Waals surface area contributed by atoms with E-state index in [1.165, 1.54) is 37.7 Å². The zero-order valence-corrected chi connectivity index (χ0v) is 14.3. The third-order valence-corrected chi connectivity index (χ3v) is 6.62. The third kappa shape index (κ3) is 2.50. The highest BCUT2D eigenvalue weighted by Crippen LogP contribution is 2.52. The standard InChI is InChI=1S/C19H26ClNO/c1-21-15-9-10-17(21)18(19(22-2)13-3-4-13)16(11-15)12-5-7-14(20)8-6-12/h5-8,13,15-19H,3-4,9-11H2,1-2H3/t15-,16+,17+,18-,19-/m1/s1. The summed E-state index contributed by atoms with van der Waals surface area (Å²) in [6.45, 7) is 0. The summed E-state index contributed by atoms with van der Waals surface area (Å²) in [5, 5.41) is 0.835. The van der Waals surface area contributed by atoms with Gasteiger partial charge in [-0.1, -0.05) is 23.7 Å². The summed E-state index contributed by atoms with van der Waals surface area (Å²) in [4.78, 5) is 2.64. The molecule has 1 aromatic rings. The number of methoxy groups -OCH3 is 1. The van der Waals surface area contributed by atoms with Crippen molar-refractivity contribution in [2.75, 3.05) is 14.2 Å². The van der Waals surface area contributed by atoms with Crippen molar-refractivity contribution in [2.24, 2.45) is 11.8 Å². The third-order valence-electron chi connectivity index (χ3n) is 6.37. The van der Waals surface area contributed by atoms with Crippen molar-refractivity contribution in [3.63, 3.8) is 0 Å². The van der Waals surface area contributed by atoms with Gasteiger partial charge in [0, 0.05) is 30.1 Å². The van der Waals surface area contributed by atoms with Crippen LogP contribution in [-0.4, -0.2) is 37.2 Å². The average Bonchev–Trinajstić information content (AvgIpc) is 3.31. The first-order chi connectivity index (χ1) is 10.7. The Bertz CT molecular complexity index is 525. The summed E-state index contributed by atoms with van der Waals surface area (Å²) in [7, 11) is 4.25. The molecule has 1 aromatic carbocycles. The molecule has 5 atom stereocenters. The Hall–Kier alpha value is -0.570. The number of benzene rings is 1. The van der Waals surface area contributed by atoms with Gasteiger partial charge in [0.15, 0.2) is 0 Å². The van der Waals surface area contributed by atoms with Crippen LogP contribution in [-0.2, 0) is 4.74 Å². The van der Waals surface area contributed by atoms with E-state index in [1.807, 2.05) is 19.2 Å². The second-order valence-corrected chi connectivity index (χ2v) is 7.91. The Labute approximate surface area is 138 Å². The van der Waals surface area contributed by atoms with Crippen LogP contribution in [0.2, 0.25) is 5.02 Å². The molecule has 120 valence electrons. The lowest BCUT2D eigenvalue weighted by Gasteiger charge is -2.46. The van der Waals surface area contributed by atoms with Crippen molar-refractivity contribution in [3.8, 4) is 0 Å². The number of hydrogen-bond acceptors (Lipinski definition) is 2. The van der Waals surface area contributed by atoms with Crippen LogP contribution in [0, 0.1) is 11.8 Å². The lowest BCUT2D eigenvalue weighted by molar-refractivity contribution is -0.0320. The van der Waals surface area contributed by atoms with E-state index in [1.54, 1.807) is 0 Å². The summed E-state index contributed by atoms with van der Waals surface area (Å²) in [5.74, 6) is 2.04. The zero-order chi connectivity index (χ0) is 15.3. The fourth-order valence-electron chi connectivity index (χ4n) is 5.11. The number of ether oxygens (including phenoxy) is 1. The van der Waals surface area contributed by atoms with Gasteiger partial charge in [-0.2, -0.15) is 0 Å². The molecule has 22 heavy (non-hydrogen) atoms. The average molecular weight is 320 g/mol. The number of rotatable bonds is 4. The molecule has 3 aliphatic rings. The number of nitrogens with zero attached hydrogens (tertiary/aromatic N) is 1. The van der Waals surface area contributed by atoms with Crippen LogP contribution >= 0.6 is 11.6 Å². The van der Waals surface area contributed by atoms with E-state index < -0.39 is 0 Å². The maximum Gasteiger partial charge on any atom is 0.0648 e. The molecule has 2 nitrogen and oxygen atoms in total. The topological polar surface area (TPSA) is 12.5 Å². The first-order valence-corrected chi connectivity index (χ1v) is 9.07. The lowest BCUT2D eigenvalue weighted by atomic mass is 9.72. The van der Waals surface area contributed by atoms with Gasteiger partial charge in [0.2, 0.25) is 0 Å². The van der Waals surface area contributed by atoms with Gasteiger partial charge in [-0.05, 0) is 68.7 Å². The molecule has 2 aliphatic heterocycles. The second kappa shape index (κ2) is 5.81. The Morgan fingerprint density at radius 1 is 1.14 bits per heavy atom. The maximum atomic E-state index is 6.10. The van der Waals surface area contributed by atoms with Gasteiger partial charge >= 0.3 is 0 Å². The molecule has 0 unspecified atom stereocenters. The van der Waals surface area contributed by atoms with Crippen molar-refractivity contribution < 1.29 is 4.74 Å². The van der Waals surface area contributed by atoms with E-state index in [4.69, 9.17) is 16.3 Å². The van der Waals surface area contributed by atoms with E-state index in [2.05, 4.69) is 24.1 Å². The molecular weight excluding hydrogens is 294 g/mol. The Kier molecular flexibility index (Phi) is 3.96. The van der Waals surface area contributed by atoms with Gasteiger partial charge < -0.3 is 9.64 Å². The van der Waals surface area contributed by atoms with Crippen molar-refractivity contribution in [1.82, 2.24) is 4.90 Å². The van der Waals surface area contributed by atoms with Gasteiger partial charge in [0.25, 0.3) is 0 Å². The SMILES string of the molecule is CO[C@H](C1CC1)[C@@H]1[C@H](c2ccc(Cl)cc2)C[C@H]2CC[C@@H]1N2C. The second-order valence-electron chi connectivity index (χ2n) is 7.47. The minimum atomic E-state index is 0.423. The lowest BCUT2D eigenvalue weighted by Crippen LogP contribution is -2.51. The van der Waals surface area contributed by atoms with Crippen LogP contribution in [0.15, 0.2) is 24.3 Å². The fraction of sp³-hybridized carbons (Fsp3) is 0.684. The van der Waals surface area contributed by atoms with Gasteiger partial charge in [-0.3, -0.25) is 0 Å². The van der Waals surface area contributed by atoms with E-state index in [0.717, 1.165) is 17.0 Å². The minimum absolute atomic E-state index is 0.423. The molecule has 4 rings (SSSR count). The molecule has 3 heteroatoms. The molecule has 2 bridgehead atoms. The van der Waals surface area contributed by atoms with E-state index in [9.17, 15) is 0 Å². The monoisotopic (exact) mass is 319 g/mol. The van der Waals surface area contributed by atoms with Crippen molar-refractivity contribution in [2.45, 2.75) is 56.2 Å². The molecule has 0 aromatic heterocycles. The summed E-state index contributed by atoms with van der Waals surface area (Å²) >= 11 is 6.10. The molecule has 2 heterocycles. The Morgan fingerprint density at radius 2 is 1.86 bits per heavy atom. The van der Waals surface area contributed by atoms with E-state index in [0.29, 0.717) is 24.0 Å². The van der Waals surface area contributed by atoms with Crippen LogP contribution in [0.3, 0.4) is 0 Å². The molecule has 2 saturated heterocycles. The van der Waals surface area contributed by atoms with Crippen LogP contribution in [0.1, 0.15) is 43.6 Å². The van der Waals surface area contributed by atoms with Gasteiger partial charge in [-0.25, -0.2) is 0 Å². The van der Waals surface area contributed by atoms with Crippen molar-refractivity contribution in [1.29, 1.82) is 0 Å². The van der Waals surface area contributed by atoms with Crippen molar-refractivity contribution >= 4 is 11.6 Å². The maximum absolute atomic E-state index is 6.10. The highest BCUT2D eigenvalue weighted by molar-refractivity contribution is 6.30. The first-order valence-electron chi connectivity index (χ1n) is 8.69. The smallest absolute Gasteiger partial charge is 0.0648 e. The van der Waals surface area contributed by atoms with Crippen LogP contribution in [0.25, 0.3) is 0 Å². The molecule has 1 aliphatic carbocycles. The number of halogens is 1. The summed E-state index contributed by atoms with van der Waals surface area (Å²) < 4.78 is 6.04.